The minimum atomic E-state index is -3.03. The summed E-state index contributed by atoms with van der Waals surface area (Å²) >= 11 is 0. The Morgan fingerprint density at radius 3 is 2.21 bits per heavy atom. The second-order valence-corrected chi connectivity index (χ2v) is 9.34. The van der Waals surface area contributed by atoms with Gasteiger partial charge in [0, 0.05) is 36.2 Å². The Labute approximate surface area is 167 Å². The lowest BCUT2D eigenvalue weighted by Gasteiger charge is -2.27. The molecule has 3 aromatic rings. The van der Waals surface area contributed by atoms with Gasteiger partial charge in [0.1, 0.15) is 9.84 Å². The largest absolute Gasteiger partial charge is 0.296 e. The molecule has 148 valence electrons. The lowest BCUT2D eigenvalue weighted by atomic mass is 10.1. The van der Waals surface area contributed by atoms with Gasteiger partial charge in [-0.3, -0.25) is 4.90 Å². The van der Waals surface area contributed by atoms with Crippen molar-refractivity contribution in [2.75, 3.05) is 18.6 Å². The van der Waals surface area contributed by atoms with Crippen LogP contribution in [0.15, 0.2) is 66.9 Å². The van der Waals surface area contributed by atoms with Crippen LogP contribution in [0, 0.1) is 0 Å². The molecule has 0 aliphatic heterocycles. The van der Waals surface area contributed by atoms with Gasteiger partial charge in [-0.15, -0.1) is 0 Å². The molecule has 3 rings (SSSR count). The van der Waals surface area contributed by atoms with Gasteiger partial charge in [-0.05, 0) is 25.6 Å². The molecular formula is C22H27N3O2S. The number of sulfone groups is 1. The number of hydrogen-bond donors (Lipinski definition) is 0. The average molecular weight is 398 g/mol. The molecule has 1 unspecified atom stereocenters. The van der Waals surface area contributed by atoms with E-state index >= 15 is 0 Å². The van der Waals surface area contributed by atoms with Crippen molar-refractivity contribution in [2.45, 2.75) is 26.4 Å². The molecule has 6 heteroatoms. The Bertz CT molecular complexity index is 999. The third-order valence-corrected chi connectivity index (χ3v) is 5.89. The monoisotopic (exact) mass is 397 g/mol. The maximum atomic E-state index is 11.7. The molecule has 0 fully saturated rings. The van der Waals surface area contributed by atoms with E-state index in [2.05, 4.69) is 24.0 Å². The normalized spacial score (nSPS) is 13.0. The van der Waals surface area contributed by atoms with Crippen LogP contribution in [-0.2, 0) is 16.4 Å². The fraction of sp³-hybridized carbons (Fsp3) is 0.318. The zero-order chi connectivity index (χ0) is 20.1. The molecule has 1 heterocycles. The van der Waals surface area contributed by atoms with Crippen molar-refractivity contribution in [3.63, 3.8) is 0 Å². The summed E-state index contributed by atoms with van der Waals surface area (Å²) in [6, 6.07) is 20.1. The van der Waals surface area contributed by atoms with Crippen molar-refractivity contribution in [3.05, 3.63) is 72.4 Å². The molecule has 0 saturated heterocycles. The van der Waals surface area contributed by atoms with E-state index in [1.807, 2.05) is 66.3 Å². The number of nitrogens with zero attached hydrogens (tertiary/aromatic N) is 3. The van der Waals surface area contributed by atoms with Crippen molar-refractivity contribution in [2.24, 2.45) is 0 Å². The Balaban J connectivity index is 1.97. The third-order valence-electron chi connectivity index (χ3n) is 4.80. The molecule has 2 aromatic carbocycles. The number of para-hydroxylation sites is 1. The number of hydrogen-bond acceptors (Lipinski definition) is 4. The first-order valence-corrected chi connectivity index (χ1v) is 11.5. The SMILES string of the molecule is CCN(Cc1cn(-c2ccccc2)nc1-c1ccccc1)C(C)CS(C)(=O)=O. The molecule has 0 saturated carbocycles. The second kappa shape index (κ2) is 8.71. The van der Waals surface area contributed by atoms with Gasteiger partial charge in [0.25, 0.3) is 0 Å². The number of aromatic nitrogens is 2. The molecule has 1 aromatic heterocycles. The van der Waals surface area contributed by atoms with Crippen LogP contribution in [0.1, 0.15) is 19.4 Å². The molecule has 5 nitrogen and oxygen atoms in total. The average Bonchev–Trinajstić information content (AvgIpc) is 3.10. The fourth-order valence-electron chi connectivity index (χ4n) is 3.42. The summed E-state index contributed by atoms with van der Waals surface area (Å²) in [4.78, 5) is 2.18. The van der Waals surface area contributed by atoms with E-state index in [4.69, 9.17) is 5.10 Å². The molecule has 0 spiro atoms. The minimum absolute atomic E-state index is 0.0660. The zero-order valence-electron chi connectivity index (χ0n) is 16.6. The predicted molar refractivity (Wildman–Crippen MR) is 114 cm³/mol. The van der Waals surface area contributed by atoms with Crippen molar-refractivity contribution in [1.82, 2.24) is 14.7 Å². The maximum Gasteiger partial charge on any atom is 0.148 e. The van der Waals surface area contributed by atoms with Gasteiger partial charge in [-0.2, -0.15) is 5.10 Å². The van der Waals surface area contributed by atoms with Crippen LogP contribution in [0.5, 0.6) is 0 Å². The van der Waals surface area contributed by atoms with Gasteiger partial charge in [0.2, 0.25) is 0 Å². The van der Waals surface area contributed by atoms with Gasteiger partial charge < -0.3 is 0 Å². The molecule has 0 radical (unpaired) electrons. The van der Waals surface area contributed by atoms with Crippen LogP contribution in [0.25, 0.3) is 16.9 Å². The fourth-order valence-corrected chi connectivity index (χ4v) is 4.51. The smallest absolute Gasteiger partial charge is 0.148 e. The minimum Gasteiger partial charge on any atom is -0.296 e. The summed E-state index contributed by atoms with van der Waals surface area (Å²) in [5, 5.41) is 4.84. The van der Waals surface area contributed by atoms with E-state index < -0.39 is 9.84 Å². The molecule has 0 amide bonds. The van der Waals surface area contributed by atoms with E-state index in [1.165, 1.54) is 6.26 Å². The summed E-state index contributed by atoms with van der Waals surface area (Å²) in [7, 11) is -3.03. The highest BCUT2D eigenvalue weighted by Crippen LogP contribution is 2.25. The first-order chi connectivity index (χ1) is 13.4. The molecule has 1 atom stereocenters. The van der Waals surface area contributed by atoms with Gasteiger partial charge in [0.15, 0.2) is 0 Å². The molecule has 0 N–H and O–H groups in total. The summed E-state index contributed by atoms with van der Waals surface area (Å²) < 4.78 is 25.4. The third kappa shape index (κ3) is 5.09. The highest BCUT2D eigenvalue weighted by molar-refractivity contribution is 7.90. The van der Waals surface area contributed by atoms with Gasteiger partial charge in [-0.1, -0.05) is 55.5 Å². The lowest BCUT2D eigenvalue weighted by molar-refractivity contribution is 0.227. The van der Waals surface area contributed by atoms with Crippen molar-refractivity contribution in [3.8, 4) is 16.9 Å². The summed E-state index contributed by atoms with van der Waals surface area (Å²) in [5.41, 5.74) is 4.06. The maximum absolute atomic E-state index is 11.7. The summed E-state index contributed by atoms with van der Waals surface area (Å²) in [5.74, 6) is 0.147. The van der Waals surface area contributed by atoms with Crippen molar-refractivity contribution < 1.29 is 8.42 Å². The highest BCUT2D eigenvalue weighted by Gasteiger charge is 2.21. The van der Waals surface area contributed by atoms with E-state index in [-0.39, 0.29) is 11.8 Å². The van der Waals surface area contributed by atoms with E-state index in [1.54, 1.807) is 0 Å². The van der Waals surface area contributed by atoms with Crippen molar-refractivity contribution >= 4 is 9.84 Å². The number of benzene rings is 2. The van der Waals surface area contributed by atoms with Crippen LogP contribution in [-0.4, -0.2) is 47.7 Å². The first kappa shape index (κ1) is 20.3. The van der Waals surface area contributed by atoms with Gasteiger partial charge >= 0.3 is 0 Å². The van der Waals surface area contributed by atoms with Crippen LogP contribution in [0.3, 0.4) is 0 Å². The van der Waals surface area contributed by atoms with Crippen LogP contribution < -0.4 is 0 Å². The van der Waals surface area contributed by atoms with Crippen LogP contribution in [0.2, 0.25) is 0 Å². The predicted octanol–water partition coefficient (Wildman–Crippen LogP) is 3.79. The lowest BCUT2D eigenvalue weighted by Crippen LogP contribution is -2.37. The molecule has 0 aliphatic rings. The topological polar surface area (TPSA) is 55.2 Å². The zero-order valence-corrected chi connectivity index (χ0v) is 17.4. The quantitative estimate of drug-likeness (QED) is 0.580. The number of rotatable bonds is 8. The standard InChI is InChI=1S/C22H27N3O2S/c1-4-24(18(2)17-28(3,26)27)15-20-16-25(21-13-9-6-10-14-21)23-22(20)19-11-7-5-8-12-19/h5-14,16,18H,4,15,17H2,1-3H3. The van der Waals surface area contributed by atoms with E-state index in [9.17, 15) is 8.42 Å². The Hall–Kier alpha value is -2.44. The summed E-state index contributed by atoms with van der Waals surface area (Å²) in [6.07, 6.45) is 3.34. The first-order valence-electron chi connectivity index (χ1n) is 9.48. The second-order valence-electron chi connectivity index (χ2n) is 7.15. The van der Waals surface area contributed by atoms with Crippen molar-refractivity contribution in [1.29, 1.82) is 0 Å². The van der Waals surface area contributed by atoms with E-state index in [0.29, 0.717) is 6.54 Å². The van der Waals surface area contributed by atoms with E-state index in [0.717, 1.165) is 29.1 Å². The Kier molecular flexibility index (Phi) is 6.31. The van der Waals surface area contributed by atoms with Crippen LogP contribution >= 0.6 is 0 Å². The van der Waals surface area contributed by atoms with Gasteiger partial charge in [0.05, 0.1) is 17.1 Å². The molecule has 0 aliphatic carbocycles. The molecule has 0 bridgehead atoms. The summed E-state index contributed by atoms with van der Waals surface area (Å²) in [6.45, 7) is 5.43. The molecule has 28 heavy (non-hydrogen) atoms. The highest BCUT2D eigenvalue weighted by atomic mass is 32.2. The van der Waals surface area contributed by atoms with Gasteiger partial charge in [-0.25, -0.2) is 13.1 Å². The Morgan fingerprint density at radius 1 is 1.04 bits per heavy atom. The van der Waals surface area contributed by atoms with Crippen LogP contribution in [0.4, 0.5) is 0 Å². The molecular weight excluding hydrogens is 370 g/mol. The Morgan fingerprint density at radius 2 is 1.64 bits per heavy atom.